The second-order valence-electron chi connectivity index (χ2n) is 5.57. The minimum absolute atomic E-state index is 0.0685. The van der Waals surface area contributed by atoms with Gasteiger partial charge in [-0.1, -0.05) is 36.0 Å². The highest BCUT2D eigenvalue weighted by Gasteiger charge is 2.41. The average Bonchev–Trinajstić information content (AvgIpc) is 2.95. The van der Waals surface area contributed by atoms with Gasteiger partial charge in [0.1, 0.15) is 11.8 Å². The Labute approximate surface area is 161 Å². The molecule has 1 saturated heterocycles. The third kappa shape index (κ3) is 3.74. The highest BCUT2D eigenvalue weighted by Crippen LogP contribution is 2.31. The van der Waals surface area contributed by atoms with Crippen molar-refractivity contribution in [1.29, 1.82) is 0 Å². The highest BCUT2D eigenvalue weighted by atomic mass is 35.5. The van der Waals surface area contributed by atoms with Gasteiger partial charge in [-0.3, -0.25) is 4.79 Å². The summed E-state index contributed by atoms with van der Waals surface area (Å²) in [7, 11) is 3.17. The molecule has 1 aromatic carbocycles. The van der Waals surface area contributed by atoms with Gasteiger partial charge in [-0.05, 0) is 17.7 Å². The average molecular weight is 397 g/mol. The minimum Gasteiger partial charge on any atom is -0.495 e. The third-order valence-corrected chi connectivity index (χ3v) is 5.83. The number of aliphatic imine (C=N–C) groups is 1. The molecule has 3 rings (SSSR count). The number of ether oxygens (including phenoxy) is 2. The first-order valence-electron chi connectivity index (χ1n) is 7.60. The second kappa shape index (κ2) is 7.86. The van der Waals surface area contributed by atoms with Crippen LogP contribution in [-0.2, 0) is 20.8 Å². The van der Waals surface area contributed by atoms with Crippen LogP contribution in [0.1, 0.15) is 5.56 Å². The van der Waals surface area contributed by atoms with E-state index in [-0.39, 0.29) is 5.78 Å². The van der Waals surface area contributed by atoms with Crippen molar-refractivity contribution in [3.63, 3.8) is 0 Å². The van der Waals surface area contributed by atoms with Crippen LogP contribution in [0.15, 0.2) is 41.2 Å². The molecule has 25 heavy (non-hydrogen) atoms. The molecule has 0 spiro atoms. The number of carbonyl (C=O) groups is 1. The highest BCUT2D eigenvalue weighted by molar-refractivity contribution is 8.24. The first-order chi connectivity index (χ1) is 12.0. The second-order valence-corrected chi connectivity index (χ2v) is 7.72. The summed E-state index contributed by atoms with van der Waals surface area (Å²) < 4.78 is 11.7. The number of halogens is 1. The fourth-order valence-electron chi connectivity index (χ4n) is 2.82. The molecular formula is C17H17ClN2O3S2. The van der Waals surface area contributed by atoms with Gasteiger partial charge in [0.25, 0.3) is 0 Å². The van der Waals surface area contributed by atoms with E-state index in [0.29, 0.717) is 33.1 Å². The Balaban J connectivity index is 1.98. The van der Waals surface area contributed by atoms with Gasteiger partial charge in [-0.25, -0.2) is 4.99 Å². The number of thiocarbonyl (C=S) groups is 1. The van der Waals surface area contributed by atoms with Crippen molar-refractivity contribution in [2.24, 2.45) is 10.9 Å². The number of rotatable bonds is 5. The molecule has 5 nitrogen and oxygen atoms in total. The lowest BCUT2D eigenvalue weighted by molar-refractivity contribution is -0.117. The molecule has 132 valence electrons. The lowest BCUT2D eigenvalue weighted by Crippen LogP contribution is -2.49. The zero-order chi connectivity index (χ0) is 18.0. The normalized spacial score (nSPS) is 23.6. The summed E-state index contributed by atoms with van der Waals surface area (Å²) in [6.45, 7) is 0.492. The Kier molecular flexibility index (Phi) is 5.78. The summed E-state index contributed by atoms with van der Waals surface area (Å²) in [5, 5.41) is 0.667. The van der Waals surface area contributed by atoms with Crippen LogP contribution in [0.5, 0.6) is 0 Å². The van der Waals surface area contributed by atoms with E-state index in [1.807, 2.05) is 29.2 Å². The van der Waals surface area contributed by atoms with Crippen LogP contribution in [0.3, 0.4) is 0 Å². The minimum atomic E-state index is -0.500. The van der Waals surface area contributed by atoms with E-state index in [0.717, 1.165) is 5.56 Å². The summed E-state index contributed by atoms with van der Waals surface area (Å²) in [6, 6.07) is 7.52. The molecule has 2 unspecified atom stereocenters. The molecule has 2 atom stereocenters. The quantitative estimate of drug-likeness (QED) is 0.712. The molecule has 0 N–H and O–H groups in total. The molecule has 2 heterocycles. The zero-order valence-corrected chi connectivity index (χ0v) is 16.2. The fourth-order valence-corrected chi connectivity index (χ4v) is 4.21. The van der Waals surface area contributed by atoms with Gasteiger partial charge in [0.2, 0.25) is 0 Å². The zero-order valence-electron chi connectivity index (χ0n) is 13.8. The molecular weight excluding hydrogens is 380 g/mol. The number of nitrogens with zero attached hydrogens (tertiary/aromatic N) is 2. The first-order valence-corrected chi connectivity index (χ1v) is 9.37. The molecule has 0 bridgehead atoms. The number of benzene rings is 1. The van der Waals surface area contributed by atoms with Crippen LogP contribution in [-0.4, -0.2) is 46.9 Å². The summed E-state index contributed by atoms with van der Waals surface area (Å²) in [5.74, 6) is 1.13. The molecule has 8 heteroatoms. The van der Waals surface area contributed by atoms with E-state index in [4.69, 9.17) is 33.3 Å². The van der Waals surface area contributed by atoms with Crippen LogP contribution in [0.25, 0.3) is 0 Å². The lowest BCUT2D eigenvalue weighted by Gasteiger charge is -2.37. The summed E-state index contributed by atoms with van der Waals surface area (Å²) in [5.41, 5.74) is 1.01. The van der Waals surface area contributed by atoms with Crippen LogP contribution in [0.2, 0.25) is 5.02 Å². The molecule has 0 aliphatic carbocycles. The van der Waals surface area contributed by atoms with Gasteiger partial charge in [-0.15, -0.1) is 11.8 Å². The van der Waals surface area contributed by atoms with Gasteiger partial charge < -0.3 is 14.4 Å². The van der Waals surface area contributed by atoms with Gasteiger partial charge in [0.05, 0.1) is 23.3 Å². The summed E-state index contributed by atoms with van der Waals surface area (Å²) >= 11 is 12.8. The predicted octanol–water partition coefficient (Wildman–Crippen LogP) is 3.27. The Hall–Kier alpha value is -1.41. The molecule has 2 aliphatic heterocycles. The van der Waals surface area contributed by atoms with Crippen molar-refractivity contribution >= 4 is 51.4 Å². The van der Waals surface area contributed by atoms with Crippen LogP contribution >= 0.6 is 35.6 Å². The molecule has 0 amide bonds. The van der Waals surface area contributed by atoms with E-state index in [1.165, 1.54) is 11.8 Å². The summed E-state index contributed by atoms with van der Waals surface area (Å²) in [4.78, 5) is 18.8. The van der Waals surface area contributed by atoms with Crippen molar-refractivity contribution in [2.45, 2.75) is 12.8 Å². The SMILES string of the molecule is COC1=CN=C(C2C(=O)CSC2=S)N(Cc2ccc(Cl)cc2)C1OC. The maximum absolute atomic E-state index is 12.3. The smallest absolute Gasteiger partial charge is 0.191 e. The van der Waals surface area contributed by atoms with Crippen molar-refractivity contribution in [3.05, 3.63) is 46.8 Å². The van der Waals surface area contributed by atoms with E-state index >= 15 is 0 Å². The molecule has 0 radical (unpaired) electrons. The number of amidine groups is 1. The van der Waals surface area contributed by atoms with Crippen molar-refractivity contribution in [3.8, 4) is 0 Å². The van der Waals surface area contributed by atoms with Crippen molar-refractivity contribution in [2.75, 3.05) is 20.0 Å². The molecule has 0 aromatic heterocycles. The van der Waals surface area contributed by atoms with Gasteiger partial charge >= 0.3 is 0 Å². The number of methoxy groups -OCH3 is 2. The summed E-state index contributed by atoms with van der Waals surface area (Å²) in [6.07, 6.45) is 1.12. The Bertz CT molecular complexity index is 733. The Morgan fingerprint density at radius 3 is 2.64 bits per heavy atom. The molecule has 1 aromatic rings. The van der Waals surface area contributed by atoms with Gasteiger partial charge in [0.15, 0.2) is 17.8 Å². The standard InChI is InChI=1S/C17H17ClN2O3S2/c1-22-13-7-19-15(14-12(21)9-25-17(14)24)20(16(13)23-2)8-10-3-5-11(18)6-4-10/h3-7,14,16H,8-9H2,1-2H3. The van der Waals surface area contributed by atoms with E-state index < -0.39 is 12.1 Å². The maximum atomic E-state index is 12.3. The Morgan fingerprint density at radius 2 is 2.08 bits per heavy atom. The Morgan fingerprint density at radius 1 is 1.36 bits per heavy atom. The number of hydrogen-bond donors (Lipinski definition) is 0. The van der Waals surface area contributed by atoms with E-state index in [9.17, 15) is 4.79 Å². The monoisotopic (exact) mass is 396 g/mol. The maximum Gasteiger partial charge on any atom is 0.191 e. The van der Waals surface area contributed by atoms with Gasteiger partial charge in [0, 0.05) is 18.7 Å². The third-order valence-electron chi connectivity index (χ3n) is 4.04. The number of thioether (sulfide) groups is 1. The largest absolute Gasteiger partial charge is 0.495 e. The number of Topliss-reactive ketones (excluding diaryl/α,β-unsaturated/α-hetero) is 1. The lowest BCUT2D eigenvalue weighted by atomic mass is 10.0. The predicted molar refractivity (Wildman–Crippen MR) is 104 cm³/mol. The number of hydrogen-bond acceptors (Lipinski definition) is 7. The van der Waals surface area contributed by atoms with Crippen molar-refractivity contribution in [1.82, 2.24) is 4.90 Å². The number of carbonyl (C=O) groups excluding carboxylic acids is 1. The van der Waals surface area contributed by atoms with E-state index in [1.54, 1.807) is 20.4 Å². The molecule has 2 aliphatic rings. The van der Waals surface area contributed by atoms with Crippen LogP contribution in [0, 0.1) is 5.92 Å². The molecule has 0 saturated carbocycles. The molecule has 1 fully saturated rings. The van der Waals surface area contributed by atoms with Crippen LogP contribution in [0.4, 0.5) is 0 Å². The van der Waals surface area contributed by atoms with E-state index in [2.05, 4.69) is 4.99 Å². The number of ketones is 1. The van der Waals surface area contributed by atoms with Gasteiger partial charge in [-0.2, -0.15) is 0 Å². The van der Waals surface area contributed by atoms with Crippen LogP contribution < -0.4 is 0 Å². The first kappa shape index (κ1) is 18.4. The topological polar surface area (TPSA) is 51.1 Å². The fraction of sp³-hybridized carbons (Fsp3) is 0.353. The van der Waals surface area contributed by atoms with Crippen molar-refractivity contribution < 1.29 is 14.3 Å².